The normalized spacial score (nSPS) is 11.8. The first-order valence-electron chi connectivity index (χ1n) is 9.68. The summed E-state index contributed by atoms with van der Waals surface area (Å²) in [5.74, 6) is -0.870. The number of rotatable bonds is 7. The number of aromatic nitrogens is 2. The Kier molecular flexibility index (Phi) is 6.54. The van der Waals surface area contributed by atoms with Crippen LogP contribution >= 0.6 is 0 Å². The quantitative estimate of drug-likeness (QED) is 0.623. The van der Waals surface area contributed by atoms with Crippen LogP contribution in [0.2, 0.25) is 0 Å². The van der Waals surface area contributed by atoms with Crippen LogP contribution in [0.15, 0.2) is 48.5 Å². The van der Waals surface area contributed by atoms with E-state index >= 15 is 0 Å². The Morgan fingerprint density at radius 1 is 1.00 bits per heavy atom. The van der Waals surface area contributed by atoms with Gasteiger partial charge in [-0.05, 0) is 57.4 Å². The molecule has 0 aliphatic rings. The van der Waals surface area contributed by atoms with Gasteiger partial charge in [-0.15, -0.1) is 0 Å². The Bertz CT molecular complexity index is 1020. The Balaban J connectivity index is 1.50. The monoisotopic (exact) mass is 391 g/mol. The van der Waals surface area contributed by atoms with Crippen molar-refractivity contribution in [3.05, 3.63) is 71.0 Å². The Morgan fingerprint density at radius 2 is 1.69 bits per heavy atom. The molecule has 0 fully saturated rings. The van der Waals surface area contributed by atoms with Gasteiger partial charge in [-0.2, -0.15) is 0 Å². The van der Waals surface area contributed by atoms with E-state index in [4.69, 9.17) is 4.74 Å². The molecule has 0 saturated carbocycles. The molecule has 6 nitrogen and oxygen atoms in total. The van der Waals surface area contributed by atoms with Gasteiger partial charge in [0.2, 0.25) is 0 Å². The predicted molar refractivity (Wildman–Crippen MR) is 112 cm³/mol. The number of benzene rings is 2. The van der Waals surface area contributed by atoms with Crippen molar-refractivity contribution < 1.29 is 14.3 Å². The molecule has 1 atom stereocenters. The highest BCUT2D eigenvalue weighted by atomic mass is 16.5. The van der Waals surface area contributed by atoms with Gasteiger partial charge in [-0.25, -0.2) is 14.8 Å². The maximum atomic E-state index is 12.3. The molecule has 3 aromatic rings. The van der Waals surface area contributed by atoms with Crippen molar-refractivity contribution in [2.24, 2.45) is 0 Å². The molecular formula is C23H25N3O3. The molecule has 150 valence electrons. The first-order valence-corrected chi connectivity index (χ1v) is 9.68. The fraction of sp³-hybridized carbons (Fsp3) is 0.304. The Hall–Kier alpha value is -3.28. The summed E-state index contributed by atoms with van der Waals surface area (Å²) < 4.78 is 5.16. The molecule has 0 aliphatic heterocycles. The van der Waals surface area contributed by atoms with Crippen molar-refractivity contribution in [2.75, 3.05) is 6.61 Å². The summed E-state index contributed by atoms with van der Waals surface area (Å²) in [5.41, 5.74) is 4.58. The number of hydrogen-bond acceptors (Lipinski definition) is 5. The molecule has 1 amide bonds. The SMILES string of the molecule is Cc1nc2ccc(C(=O)OCC(=O)N[C@@H](C)CCc3ccccc3)cc2nc1C. The van der Waals surface area contributed by atoms with Gasteiger partial charge in [-0.3, -0.25) is 4.79 Å². The summed E-state index contributed by atoms with van der Waals surface area (Å²) in [4.78, 5) is 33.3. The molecule has 29 heavy (non-hydrogen) atoms. The molecule has 0 bridgehead atoms. The van der Waals surface area contributed by atoms with E-state index in [-0.39, 0.29) is 18.6 Å². The number of nitrogens with zero attached hydrogens (tertiary/aromatic N) is 2. The lowest BCUT2D eigenvalue weighted by Gasteiger charge is -2.14. The number of aryl methyl sites for hydroxylation is 3. The minimum absolute atomic E-state index is 0.0106. The maximum Gasteiger partial charge on any atom is 0.338 e. The third kappa shape index (κ3) is 5.60. The molecule has 3 rings (SSSR count). The number of fused-ring (bicyclic) bond motifs is 1. The molecule has 1 heterocycles. The van der Waals surface area contributed by atoms with Crippen LogP contribution in [-0.2, 0) is 16.0 Å². The van der Waals surface area contributed by atoms with Crippen molar-refractivity contribution in [3.63, 3.8) is 0 Å². The van der Waals surface area contributed by atoms with Gasteiger partial charge in [0.25, 0.3) is 5.91 Å². The zero-order chi connectivity index (χ0) is 20.8. The fourth-order valence-electron chi connectivity index (χ4n) is 2.99. The highest BCUT2D eigenvalue weighted by molar-refractivity contribution is 5.94. The smallest absolute Gasteiger partial charge is 0.338 e. The van der Waals surface area contributed by atoms with Crippen LogP contribution < -0.4 is 5.32 Å². The van der Waals surface area contributed by atoms with Crippen LogP contribution in [0.4, 0.5) is 0 Å². The zero-order valence-corrected chi connectivity index (χ0v) is 16.9. The molecule has 2 aromatic carbocycles. The first-order chi connectivity index (χ1) is 13.9. The van der Waals surface area contributed by atoms with Gasteiger partial charge in [0.1, 0.15) is 0 Å². The lowest BCUT2D eigenvalue weighted by molar-refractivity contribution is -0.124. The van der Waals surface area contributed by atoms with Crippen LogP contribution in [0, 0.1) is 13.8 Å². The minimum atomic E-state index is -0.556. The predicted octanol–water partition coefficient (Wildman–Crippen LogP) is 3.54. The van der Waals surface area contributed by atoms with Crippen molar-refractivity contribution >= 4 is 22.9 Å². The number of amides is 1. The van der Waals surface area contributed by atoms with E-state index in [2.05, 4.69) is 27.4 Å². The minimum Gasteiger partial charge on any atom is -0.452 e. The van der Waals surface area contributed by atoms with Crippen LogP contribution in [0.5, 0.6) is 0 Å². The molecule has 0 radical (unpaired) electrons. The summed E-state index contributed by atoms with van der Waals surface area (Å²) >= 11 is 0. The second-order valence-electron chi connectivity index (χ2n) is 7.17. The first kappa shape index (κ1) is 20.5. The van der Waals surface area contributed by atoms with E-state index in [1.165, 1.54) is 5.56 Å². The molecule has 0 unspecified atom stereocenters. The van der Waals surface area contributed by atoms with Crippen molar-refractivity contribution in [1.82, 2.24) is 15.3 Å². The Labute approximate surface area is 170 Å². The fourth-order valence-corrected chi connectivity index (χ4v) is 2.99. The van der Waals surface area contributed by atoms with E-state index in [0.717, 1.165) is 29.7 Å². The number of nitrogens with one attached hydrogen (secondary N) is 1. The van der Waals surface area contributed by atoms with Crippen LogP contribution in [0.3, 0.4) is 0 Å². The van der Waals surface area contributed by atoms with Crippen molar-refractivity contribution in [2.45, 2.75) is 39.7 Å². The van der Waals surface area contributed by atoms with Gasteiger partial charge < -0.3 is 10.1 Å². The number of carbonyl (C=O) groups is 2. The average molecular weight is 391 g/mol. The van der Waals surface area contributed by atoms with Gasteiger partial charge in [0.15, 0.2) is 6.61 Å². The number of esters is 1. The number of carbonyl (C=O) groups excluding carboxylic acids is 2. The van der Waals surface area contributed by atoms with E-state index in [0.29, 0.717) is 11.1 Å². The number of ether oxygens (including phenoxy) is 1. The van der Waals surface area contributed by atoms with Crippen LogP contribution in [0.25, 0.3) is 11.0 Å². The highest BCUT2D eigenvalue weighted by Crippen LogP contribution is 2.15. The van der Waals surface area contributed by atoms with E-state index in [9.17, 15) is 9.59 Å². The second-order valence-corrected chi connectivity index (χ2v) is 7.17. The van der Waals surface area contributed by atoms with E-state index in [1.807, 2.05) is 39.0 Å². The van der Waals surface area contributed by atoms with Crippen molar-refractivity contribution in [3.8, 4) is 0 Å². The van der Waals surface area contributed by atoms with E-state index in [1.54, 1.807) is 18.2 Å². The standard InChI is InChI=1S/C23H25N3O3/c1-15(9-10-18-7-5-4-6-8-18)24-22(27)14-29-23(28)19-11-12-20-21(13-19)26-17(3)16(2)25-20/h4-8,11-13,15H,9-10,14H2,1-3H3,(H,24,27)/t15-/m0/s1. The average Bonchev–Trinajstić information content (AvgIpc) is 2.72. The molecule has 6 heteroatoms. The largest absolute Gasteiger partial charge is 0.452 e. The third-order valence-electron chi connectivity index (χ3n) is 4.76. The third-order valence-corrected chi connectivity index (χ3v) is 4.76. The summed E-state index contributed by atoms with van der Waals surface area (Å²) in [5, 5.41) is 2.86. The molecule has 0 aliphatic carbocycles. The summed E-state index contributed by atoms with van der Waals surface area (Å²) in [7, 11) is 0. The molecule has 1 aromatic heterocycles. The van der Waals surface area contributed by atoms with E-state index < -0.39 is 5.97 Å². The van der Waals surface area contributed by atoms with Gasteiger partial charge in [-0.1, -0.05) is 30.3 Å². The summed E-state index contributed by atoms with van der Waals surface area (Å²) in [6.07, 6.45) is 1.69. The van der Waals surface area contributed by atoms with Gasteiger partial charge in [0, 0.05) is 6.04 Å². The lowest BCUT2D eigenvalue weighted by Crippen LogP contribution is -2.36. The highest BCUT2D eigenvalue weighted by Gasteiger charge is 2.13. The zero-order valence-electron chi connectivity index (χ0n) is 16.9. The molecule has 0 saturated heterocycles. The number of hydrogen-bond donors (Lipinski definition) is 1. The molecule has 1 N–H and O–H groups in total. The van der Waals surface area contributed by atoms with Gasteiger partial charge >= 0.3 is 5.97 Å². The maximum absolute atomic E-state index is 12.3. The van der Waals surface area contributed by atoms with Crippen LogP contribution in [0.1, 0.15) is 40.7 Å². The molecular weight excluding hydrogens is 366 g/mol. The Morgan fingerprint density at radius 3 is 2.41 bits per heavy atom. The topological polar surface area (TPSA) is 81.2 Å². The van der Waals surface area contributed by atoms with Crippen LogP contribution in [-0.4, -0.2) is 34.5 Å². The van der Waals surface area contributed by atoms with Gasteiger partial charge in [0.05, 0.1) is 28.0 Å². The lowest BCUT2D eigenvalue weighted by atomic mass is 10.1. The second kappa shape index (κ2) is 9.28. The summed E-state index contributed by atoms with van der Waals surface area (Å²) in [6.45, 7) is 5.39. The van der Waals surface area contributed by atoms with Crippen molar-refractivity contribution in [1.29, 1.82) is 0 Å². The molecule has 0 spiro atoms. The summed E-state index contributed by atoms with van der Waals surface area (Å²) in [6, 6.07) is 15.1.